The van der Waals surface area contributed by atoms with E-state index in [2.05, 4.69) is 10.9 Å². The van der Waals surface area contributed by atoms with Gasteiger partial charge in [-0.1, -0.05) is 18.1 Å². The van der Waals surface area contributed by atoms with E-state index >= 15 is 0 Å². The topological polar surface area (TPSA) is 67.9 Å². The second-order valence-corrected chi connectivity index (χ2v) is 5.21. The molecule has 1 aliphatic heterocycles. The summed E-state index contributed by atoms with van der Waals surface area (Å²) in [7, 11) is 0. The highest BCUT2D eigenvalue weighted by Crippen LogP contribution is 2.30. The molecule has 2 amide bonds. The van der Waals surface area contributed by atoms with Gasteiger partial charge in [0.1, 0.15) is 17.6 Å². The number of amides is 2. The van der Waals surface area contributed by atoms with Gasteiger partial charge in [-0.3, -0.25) is 4.90 Å². The van der Waals surface area contributed by atoms with Gasteiger partial charge < -0.3 is 10.5 Å². The van der Waals surface area contributed by atoms with Crippen LogP contribution in [-0.4, -0.2) is 28.9 Å². The number of ether oxygens (including phenoxy) is 1. The predicted octanol–water partition coefficient (Wildman–Crippen LogP) is 2.33. The highest BCUT2D eigenvalue weighted by molar-refractivity contribution is 6.03. The van der Waals surface area contributed by atoms with Crippen LogP contribution < -0.4 is 10.5 Å². The van der Waals surface area contributed by atoms with Gasteiger partial charge in [0, 0.05) is 0 Å². The van der Waals surface area contributed by atoms with Crippen LogP contribution in [0.15, 0.2) is 29.3 Å². The maximum atomic E-state index is 12.0. The summed E-state index contributed by atoms with van der Waals surface area (Å²) in [6.07, 6.45) is 5.50. The van der Waals surface area contributed by atoms with E-state index < -0.39 is 12.1 Å². The van der Waals surface area contributed by atoms with Crippen LogP contribution in [0.3, 0.4) is 0 Å². The number of terminal acetylenes is 1. The lowest BCUT2D eigenvalue weighted by atomic mass is 10.0. The molecule has 2 atom stereocenters. The summed E-state index contributed by atoms with van der Waals surface area (Å²) in [6, 6.07) is 6.24. The van der Waals surface area contributed by atoms with Gasteiger partial charge in [0.15, 0.2) is 0 Å². The Morgan fingerprint density at radius 2 is 2.14 bits per heavy atom. The zero-order chi connectivity index (χ0) is 15.6. The van der Waals surface area contributed by atoms with Gasteiger partial charge in [-0.05, 0) is 38.5 Å². The molecule has 0 fully saturated rings. The van der Waals surface area contributed by atoms with Crippen molar-refractivity contribution in [1.29, 1.82) is 0 Å². The number of nitrogens with two attached hydrogens (primary N) is 1. The number of urea groups is 1. The van der Waals surface area contributed by atoms with Crippen LogP contribution >= 0.6 is 0 Å². The van der Waals surface area contributed by atoms with Crippen molar-refractivity contribution in [3.05, 3.63) is 29.8 Å². The first kappa shape index (κ1) is 14.9. The molecule has 5 heteroatoms. The Hall–Kier alpha value is -2.48. The molecule has 2 rings (SSSR count). The molecule has 0 aromatic heterocycles. The zero-order valence-electron chi connectivity index (χ0n) is 12.4. The predicted molar refractivity (Wildman–Crippen MR) is 82.1 cm³/mol. The molecule has 1 aliphatic rings. The average Bonchev–Trinajstić information content (AvgIpc) is 2.72. The van der Waals surface area contributed by atoms with E-state index in [1.54, 1.807) is 6.92 Å². The monoisotopic (exact) mass is 285 g/mol. The summed E-state index contributed by atoms with van der Waals surface area (Å²) in [5.74, 6) is 3.53. The normalized spacial score (nSPS) is 19.4. The number of hydrogen-bond acceptors (Lipinski definition) is 3. The third-order valence-electron chi connectivity index (χ3n) is 3.21. The first-order valence-corrected chi connectivity index (χ1v) is 6.83. The van der Waals surface area contributed by atoms with Crippen molar-refractivity contribution in [2.45, 2.75) is 39.0 Å². The zero-order valence-corrected chi connectivity index (χ0v) is 12.4. The SMILES string of the molecule is C#CC(C)N1C(=O)N=C(N)C1c1cccc(OC(C)C)c1. The van der Waals surface area contributed by atoms with Crippen molar-refractivity contribution in [2.75, 3.05) is 0 Å². The molecule has 21 heavy (non-hydrogen) atoms. The summed E-state index contributed by atoms with van der Waals surface area (Å²) >= 11 is 0. The highest BCUT2D eigenvalue weighted by atomic mass is 16.5. The van der Waals surface area contributed by atoms with E-state index in [-0.39, 0.29) is 18.0 Å². The van der Waals surface area contributed by atoms with Gasteiger partial charge >= 0.3 is 6.03 Å². The van der Waals surface area contributed by atoms with Crippen molar-refractivity contribution in [1.82, 2.24) is 4.90 Å². The molecule has 1 aromatic rings. The van der Waals surface area contributed by atoms with Crippen LogP contribution in [0.5, 0.6) is 5.75 Å². The molecule has 110 valence electrons. The Bertz CT molecular complexity index is 616. The number of rotatable bonds is 4. The fourth-order valence-electron chi connectivity index (χ4n) is 2.31. The lowest BCUT2D eigenvalue weighted by Crippen LogP contribution is -2.38. The molecule has 2 N–H and O–H groups in total. The standard InChI is InChI=1S/C16H19N3O2/c1-5-11(4)19-14(15(17)18-16(19)20)12-7-6-8-13(9-12)21-10(2)3/h1,6-11,14H,2-4H3,(H2,17,18,20). The van der Waals surface area contributed by atoms with Crippen molar-refractivity contribution in [3.8, 4) is 18.1 Å². The summed E-state index contributed by atoms with van der Waals surface area (Å²) in [5, 5.41) is 0. The number of nitrogens with zero attached hydrogens (tertiary/aromatic N) is 2. The highest BCUT2D eigenvalue weighted by Gasteiger charge is 2.37. The number of carbonyl (C=O) groups excluding carboxylic acids is 1. The Kier molecular flexibility index (Phi) is 4.18. The maximum absolute atomic E-state index is 12.0. The average molecular weight is 285 g/mol. The van der Waals surface area contributed by atoms with Crippen LogP contribution in [0.2, 0.25) is 0 Å². The van der Waals surface area contributed by atoms with Crippen LogP contribution in [0.25, 0.3) is 0 Å². The summed E-state index contributed by atoms with van der Waals surface area (Å²) in [6.45, 7) is 5.68. The van der Waals surface area contributed by atoms with E-state index in [1.807, 2.05) is 38.1 Å². The largest absolute Gasteiger partial charge is 0.491 e. The van der Waals surface area contributed by atoms with Crippen molar-refractivity contribution >= 4 is 11.9 Å². The summed E-state index contributed by atoms with van der Waals surface area (Å²) in [4.78, 5) is 17.3. The minimum absolute atomic E-state index is 0.0669. The van der Waals surface area contributed by atoms with Crippen LogP contribution in [0, 0.1) is 12.3 Å². The summed E-state index contributed by atoms with van der Waals surface area (Å²) in [5.41, 5.74) is 6.75. The lowest BCUT2D eigenvalue weighted by Gasteiger charge is -2.27. The van der Waals surface area contributed by atoms with E-state index in [0.29, 0.717) is 0 Å². The second kappa shape index (κ2) is 5.88. The Morgan fingerprint density at radius 3 is 2.76 bits per heavy atom. The fraction of sp³-hybridized carbons (Fsp3) is 0.375. The molecule has 0 radical (unpaired) electrons. The van der Waals surface area contributed by atoms with Gasteiger partial charge in [-0.15, -0.1) is 6.42 Å². The molecule has 0 bridgehead atoms. The van der Waals surface area contributed by atoms with E-state index in [0.717, 1.165) is 11.3 Å². The Morgan fingerprint density at radius 1 is 1.43 bits per heavy atom. The quantitative estimate of drug-likeness (QED) is 0.863. The molecule has 1 heterocycles. The van der Waals surface area contributed by atoms with Gasteiger partial charge in [-0.25, -0.2) is 4.79 Å². The number of amidine groups is 1. The number of carbonyl (C=O) groups is 1. The van der Waals surface area contributed by atoms with Crippen molar-refractivity contribution in [2.24, 2.45) is 10.7 Å². The molecular formula is C16H19N3O2. The number of benzene rings is 1. The van der Waals surface area contributed by atoms with Crippen LogP contribution in [0.4, 0.5) is 4.79 Å². The van der Waals surface area contributed by atoms with Gasteiger partial charge in [0.05, 0.1) is 12.1 Å². The summed E-state index contributed by atoms with van der Waals surface area (Å²) < 4.78 is 5.67. The fourth-order valence-corrected chi connectivity index (χ4v) is 2.31. The molecule has 1 aromatic carbocycles. The molecule has 2 unspecified atom stereocenters. The van der Waals surface area contributed by atoms with Gasteiger partial charge in [-0.2, -0.15) is 4.99 Å². The van der Waals surface area contributed by atoms with Crippen LogP contribution in [0.1, 0.15) is 32.4 Å². The Labute approximate surface area is 124 Å². The second-order valence-electron chi connectivity index (χ2n) is 5.21. The van der Waals surface area contributed by atoms with E-state index in [1.165, 1.54) is 4.90 Å². The first-order valence-electron chi connectivity index (χ1n) is 6.83. The third kappa shape index (κ3) is 3.00. The minimum Gasteiger partial charge on any atom is -0.491 e. The van der Waals surface area contributed by atoms with E-state index in [4.69, 9.17) is 16.9 Å². The molecule has 0 aliphatic carbocycles. The molecule has 0 spiro atoms. The van der Waals surface area contributed by atoms with Crippen molar-refractivity contribution < 1.29 is 9.53 Å². The smallest absolute Gasteiger partial charge is 0.347 e. The van der Waals surface area contributed by atoms with Crippen molar-refractivity contribution in [3.63, 3.8) is 0 Å². The lowest BCUT2D eigenvalue weighted by molar-refractivity contribution is 0.198. The van der Waals surface area contributed by atoms with Crippen LogP contribution in [-0.2, 0) is 0 Å². The number of aliphatic imine (C=N–C) groups is 1. The molecule has 0 saturated carbocycles. The third-order valence-corrected chi connectivity index (χ3v) is 3.21. The van der Waals surface area contributed by atoms with Gasteiger partial charge in [0.25, 0.3) is 0 Å². The molecule has 5 nitrogen and oxygen atoms in total. The number of hydrogen-bond donors (Lipinski definition) is 1. The van der Waals surface area contributed by atoms with E-state index in [9.17, 15) is 4.79 Å². The maximum Gasteiger partial charge on any atom is 0.347 e. The molecule has 0 saturated heterocycles. The van der Waals surface area contributed by atoms with Gasteiger partial charge in [0.2, 0.25) is 0 Å². The molecular weight excluding hydrogens is 266 g/mol. The Balaban J connectivity index is 2.37. The minimum atomic E-state index is -0.445. The first-order chi connectivity index (χ1) is 9.93.